The maximum atomic E-state index is 6.04. The topological polar surface area (TPSA) is 30.7 Å². The molecule has 0 saturated heterocycles. The van der Waals surface area contributed by atoms with Crippen LogP contribution in [0, 0.1) is 0 Å². The molecule has 0 aliphatic rings. The van der Waals surface area contributed by atoms with Gasteiger partial charge in [0.1, 0.15) is 0 Å². The fourth-order valence-electron chi connectivity index (χ4n) is 2.26. The Balaban J connectivity index is 1.85. The highest BCUT2D eigenvalue weighted by Gasteiger charge is 2.13. The van der Waals surface area contributed by atoms with E-state index in [0.717, 1.165) is 32.9 Å². The second-order valence-corrected chi connectivity index (χ2v) is 6.37. The van der Waals surface area contributed by atoms with Crippen LogP contribution < -0.4 is 0 Å². The van der Waals surface area contributed by atoms with Crippen LogP contribution in [-0.4, -0.2) is 14.8 Å². The van der Waals surface area contributed by atoms with Crippen LogP contribution in [-0.2, 0) is 12.3 Å². The number of benzene rings is 2. The molecule has 0 aliphatic carbocycles. The minimum Gasteiger partial charge on any atom is -0.298 e. The standard InChI is InChI=1S/C18H16ClN3S/c1-2-11-22-17(15-8-4-3-5-9-15)20-21-18(22)23-13-14-7-6-10-16(19)12-14/h2-10,12H,1,11,13H2. The molecule has 0 N–H and O–H groups in total. The molecule has 0 saturated carbocycles. The van der Waals surface area contributed by atoms with Crippen molar-refractivity contribution in [3.8, 4) is 11.4 Å². The molecule has 0 radical (unpaired) electrons. The molecule has 0 aliphatic heterocycles. The predicted octanol–water partition coefficient (Wildman–Crippen LogP) is 5.08. The minimum absolute atomic E-state index is 0.676. The van der Waals surface area contributed by atoms with Crippen molar-refractivity contribution in [1.82, 2.24) is 14.8 Å². The number of hydrogen-bond donors (Lipinski definition) is 0. The van der Waals surface area contributed by atoms with Crippen molar-refractivity contribution in [3.05, 3.63) is 77.8 Å². The molecule has 0 fully saturated rings. The lowest BCUT2D eigenvalue weighted by atomic mass is 10.2. The zero-order chi connectivity index (χ0) is 16.1. The fourth-order valence-corrected chi connectivity index (χ4v) is 3.37. The number of aromatic nitrogens is 3. The summed E-state index contributed by atoms with van der Waals surface area (Å²) in [5, 5.41) is 10.3. The van der Waals surface area contributed by atoms with Crippen LogP contribution in [0.5, 0.6) is 0 Å². The van der Waals surface area contributed by atoms with E-state index in [2.05, 4.69) is 27.4 Å². The third kappa shape index (κ3) is 3.84. The van der Waals surface area contributed by atoms with Crippen LogP contribution in [0.1, 0.15) is 5.56 Å². The first-order chi connectivity index (χ1) is 11.3. The van der Waals surface area contributed by atoms with Crippen LogP contribution in [0.4, 0.5) is 0 Å². The van der Waals surface area contributed by atoms with E-state index in [9.17, 15) is 0 Å². The largest absolute Gasteiger partial charge is 0.298 e. The van der Waals surface area contributed by atoms with Gasteiger partial charge < -0.3 is 0 Å². The van der Waals surface area contributed by atoms with Gasteiger partial charge in [0.05, 0.1) is 0 Å². The number of nitrogens with zero attached hydrogens (tertiary/aromatic N) is 3. The molecule has 116 valence electrons. The van der Waals surface area contributed by atoms with Gasteiger partial charge in [-0.15, -0.1) is 16.8 Å². The Labute approximate surface area is 145 Å². The summed E-state index contributed by atoms with van der Waals surface area (Å²) < 4.78 is 2.08. The van der Waals surface area contributed by atoms with Crippen molar-refractivity contribution >= 4 is 23.4 Å². The Kier molecular flexibility index (Phi) is 5.16. The predicted molar refractivity (Wildman–Crippen MR) is 96.7 cm³/mol. The Morgan fingerprint density at radius 2 is 1.91 bits per heavy atom. The van der Waals surface area contributed by atoms with E-state index >= 15 is 0 Å². The summed E-state index contributed by atoms with van der Waals surface area (Å²) in [7, 11) is 0. The summed E-state index contributed by atoms with van der Waals surface area (Å²) in [6.45, 7) is 4.51. The molecule has 0 spiro atoms. The monoisotopic (exact) mass is 341 g/mol. The summed E-state index contributed by atoms with van der Waals surface area (Å²) >= 11 is 7.68. The first kappa shape index (κ1) is 15.8. The Bertz CT molecular complexity index is 799. The van der Waals surface area contributed by atoms with Gasteiger partial charge in [-0.3, -0.25) is 4.57 Å². The molecular weight excluding hydrogens is 326 g/mol. The normalized spacial score (nSPS) is 10.7. The van der Waals surface area contributed by atoms with E-state index in [0.29, 0.717) is 6.54 Å². The van der Waals surface area contributed by atoms with E-state index in [-0.39, 0.29) is 0 Å². The quantitative estimate of drug-likeness (QED) is 0.463. The average molecular weight is 342 g/mol. The summed E-state index contributed by atoms with van der Waals surface area (Å²) in [5.41, 5.74) is 2.22. The van der Waals surface area contributed by atoms with E-state index in [1.54, 1.807) is 11.8 Å². The van der Waals surface area contributed by atoms with Gasteiger partial charge in [0.15, 0.2) is 11.0 Å². The molecule has 1 aromatic heterocycles. The Morgan fingerprint density at radius 1 is 1.09 bits per heavy atom. The zero-order valence-electron chi connectivity index (χ0n) is 12.5. The van der Waals surface area contributed by atoms with Crippen molar-refractivity contribution in [1.29, 1.82) is 0 Å². The molecule has 23 heavy (non-hydrogen) atoms. The summed E-state index contributed by atoms with van der Waals surface area (Å²) in [6.07, 6.45) is 1.86. The highest BCUT2D eigenvalue weighted by molar-refractivity contribution is 7.98. The van der Waals surface area contributed by atoms with Gasteiger partial charge in [-0.25, -0.2) is 0 Å². The first-order valence-corrected chi connectivity index (χ1v) is 8.61. The molecule has 1 heterocycles. The van der Waals surface area contributed by atoms with Gasteiger partial charge in [-0.05, 0) is 17.7 Å². The molecular formula is C18H16ClN3S. The lowest BCUT2D eigenvalue weighted by molar-refractivity contribution is 0.731. The Hall–Kier alpha value is -2.04. The number of rotatable bonds is 6. The summed E-state index contributed by atoms with van der Waals surface area (Å²) in [6, 6.07) is 17.9. The first-order valence-electron chi connectivity index (χ1n) is 7.24. The number of thioether (sulfide) groups is 1. The number of halogens is 1. The van der Waals surface area contributed by atoms with E-state index in [4.69, 9.17) is 11.6 Å². The third-order valence-electron chi connectivity index (χ3n) is 3.32. The Morgan fingerprint density at radius 3 is 2.65 bits per heavy atom. The van der Waals surface area contributed by atoms with E-state index < -0.39 is 0 Å². The molecule has 3 rings (SSSR count). The van der Waals surface area contributed by atoms with Crippen molar-refractivity contribution in [2.45, 2.75) is 17.5 Å². The lowest BCUT2D eigenvalue weighted by Crippen LogP contribution is -2.00. The highest BCUT2D eigenvalue weighted by Crippen LogP contribution is 2.27. The van der Waals surface area contributed by atoms with Gasteiger partial charge in [0.2, 0.25) is 0 Å². The maximum absolute atomic E-state index is 6.04. The molecule has 5 heteroatoms. The van der Waals surface area contributed by atoms with Crippen LogP contribution >= 0.6 is 23.4 Å². The van der Waals surface area contributed by atoms with E-state index in [1.807, 2.05) is 54.6 Å². The fraction of sp³-hybridized carbons (Fsp3) is 0.111. The molecule has 2 aromatic carbocycles. The number of hydrogen-bond acceptors (Lipinski definition) is 3. The van der Waals surface area contributed by atoms with E-state index in [1.165, 1.54) is 0 Å². The van der Waals surface area contributed by atoms with Gasteiger partial charge in [0.25, 0.3) is 0 Å². The van der Waals surface area contributed by atoms with Gasteiger partial charge >= 0.3 is 0 Å². The van der Waals surface area contributed by atoms with Crippen molar-refractivity contribution in [2.24, 2.45) is 0 Å². The van der Waals surface area contributed by atoms with Crippen LogP contribution in [0.3, 0.4) is 0 Å². The highest BCUT2D eigenvalue weighted by atomic mass is 35.5. The molecule has 3 aromatic rings. The van der Waals surface area contributed by atoms with Gasteiger partial charge in [-0.2, -0.15) is 0 Å². The molecule has 0 bridgehead atoms. The minimum atomic E-state index is 0.676. The molecule has 0 amide bonds. The van der Waals surface area contributed by atoms with Crippen molar-refractivity contribution in [2.75, 3.05) is 0 Å². The molecule has 0 atom stereocenters. The SMILES string of the molecule is C=CCn1c(SCc2cccc(Cl)c2)nnc1-c1ccccc1. The van der Waals surface area contributed by atoms with Crippen molar-refractivity contribution in [3.63, 3.8) is 0 Å². The zero-order valence-corrected chi connectivity index (χ0v) is 14.1. The smallest absolute Gasteiger partial charge is 0.192 e. The van der Waals surface area contributed by atoms with Crippen LogP contribution in [0.2, 0.25) is 5.02 Å². The molecule has 0 unspecified atom stereocenters. The second-order valence-electron chi connectivity index (χ2n) is 4.99. The van der Waals surface area contributed by atoms with Crippen LogP contribution in [0.25, 0.3) is 11.4 Å². The third-order valence-corrected chi connectivity index (χ3v) is 4.59. The molecule has 3 nitrogen and oxygen atoms in total. The van der Waals surface area contributed by atoms with Gasteiger partial charge in [0, 0.05) is 22.9 Å². The number of allylic oxidation sites excluding steroid dienone is 1. The lowest BCUT2D eigenvalue weighted by Gasteiger charge is -2.08. The summed E-state index contributed by atoms with van der Waals surface area (Å²) in [5.74, 6) is 1.66. The van der Waals surface area contributed by atoms with Crippen molar-refractivity contribution < 1.29 is 0 Å². The average Bonchev–Trinajstić information content (AvgIpc) is 2.97. The maximum Gasteiger partial charge on any atom is 0.192 e. The van der Waals surface area contributed by atoms with Crippen LogP contribution in [0.15, 0.2) is 72.4 Å². The van der Waals surface area contributed by atoms with Gasteiger partial charge in [-0.1, -0.05) is 71.9 Å². The second kappa shape index (κ2) is 7.49. The summed E-state index contributed by atoms with van der Waals surface area (Å²) in [4.78, 5) is 0.